The molecule has 4 rings (SSSR count). The second-order valence-electron chi connectivity index (χ2n) is 9.02. The van der Waals surface area contributed by atoms with E-state index in [1.165, 1.54) is 38.3 Å². The molecule has 0 aromatic heterocycles. The first kappa shape index (κ1) is 16.4. The molecule has 0 radical (unpaired) electrons. The van der Waals surface area contributed by atoms with Gasteiger partial charge in [0.1, 0.15) is 0 Å². The smallest absolute Gasteiger partial charge is 0.399 e. The Bertz CT molecular complexity index is 607. The molecule has 4 nitrogen and oxygen atoms in total. The summed E-state index contributed by atoms with van der Waals surface area (Å²) in [6, 6.07) is 8.77. The monoisotopic (exact) mass is 328 g/mol. The van der Waals surface area contributed by atoms with Crippen molar-refractivity contribution >= 4 is 18.3 Å². The molecule has 3 heterocycles. The zero-order chi connectivity index (χ0) is 17.2. The summed E-state index contributed by atoms with van der Waals surface area (Å²) in [5.41, 5.74) is 2.40. The number of hydrogen-bond acceptors (Lipinski definition) is 4. The Hall–Kier alpha value is -1.04. The molecule has 3 saturated heterocycles. The largest absolute Gasteiger partial charge is 0.494 e. The molecular weight excluding hydrogens is 299 g/mol. The molecule has 0 aliphatic carbocycles. The zero-order valence-corrected chi connectivity index (χ0v) is 15.6. The minimum absolute atomic E-state index is 0.269. The van der Waals surface area contributed by atoms with Gasteiger partial charge in [0, 0.05) is 37.3 Å². The summed E-state index contributed by atoms with van der Waals surface area (Å²) in [6.07, 6.45) is 1.32. The highest BCUT2D eigenvalue weighted by molar-refractivity contribution is 6.62. The van der Waals surface area contributed by atoms with E-state index in [1.807, 2.05) is 0 Å². The fraction of sp³-hybridized carbons (Fsp3) is 0.684. The van der Waals surface area contributed by atoms with Crippen LogP contribution in [0, 0.1) is 5.41 Å². The van der Waals surface area contributed by atoms with Crippen LogP contribution in [0.1, 0.15) is 34.1 Å². The second kappa shape index (κ2) is 5.23. The van der Waals surface area contributed by atoms with E-state index in [2.05, 4.69) is 68.8 Å². The average molecular weight is 328 g/mol. The zero-order valence-electron chi connectivity index (χ0n) is 15.6. The summed E-state index contributed by atoms with van der Waals surface area (Å²) < 4.78 is 12.3. The molecule has 0 N–H and O–H groups in total. The molecule has 3 aliphatic heterocycles. The van der Waals surface area contributed by atoms with Crippen LogP contribution in [-0.4, -0.2) is 56.4 Å². The van der Waals surface area contributed by atoms with Crippen molar-refractivity contribution < 1.29 is 9.31 Å². The number of anilines is 1. The Kier molecular flexibility index (Phi) is 3.58. The van der Waals surface area contributed by atoms with E-state index >= 15 is 0 Å². The third-order valence-corrected chi connectivity index (χ3v) is 6.43. The molecule has 0 bridgehead atoms. The third-order valence-electron chi connectivity index (χ3n) is 6.43. The first-order chi connectivity index (χ1) is 11.2. The summed E-state index contributed by atoms with van der Waals surface area (Å²) in [6.45, 7) is 13.2. The van der Waals surface area contributed by atoms with E-state index < -0.39 is 0 Å². The van der Waals surface area contributed by atoms with Crippen LogP contribution in [0.15, 0.2) is 24.3 Å². The van der Waals surface area contributed by atoms with Gasteiger partial charge < -0.3 is 19.1 Å². The quantitative estimate of drug-likeness (QED) is 0.777. The number of likely N-dealkylation sites (tertiary alicyclic amines) is 1. The first-order valence-corrected chi connectivity index (χ1v) is 9.09. The Labute approximate surface area is 146 Å². The highest BCUT2D eigenvalue weighted by atomic mass is 16.7. The van der Waals surface area contributed by atoms with Crippen molar-refractivity contribution in [2.45, 2.75) is 45.3 Å². The molecule has 3 fully saturated rings. The van der Waals surface area contributed by atoms with E-state index in [0.29, 0.717) is 5.41 Å². The maximum Gasteiger partial charge on any atom is 0.494 e. The van der Waals surface area contributed by atoms with Gasteiger partial charge in [0.05, 0.1) is 11.2 Å². The van der Waals surface area contributed by atoms with Crippen LogP contribution in [0.25, 0.3) is 0 Å². The summed E-state index contributed by atoms with van der Waals surface area (Å²) in [4.78, 5) is 4.95. The lowest BCUT2D eigenvalue weighted by molar-refractivity contribution is 0.00578. The van der Waals surface area contributed by atoms with Gasteiger partial charge in [-0.15, -0.1) is 0 Å². The fourth-order valence-electron chi connectivity index (χ4n) is 4.33. The van der Waals surface area contributed by atoms with Crippen molar-refractivity contribution in [3.8, 4) is 0 Å². The van der Waals surface area contributed by atoms with Gasteiger partial charge in [-0.2, -0.15) is 0 Å². The molecule has 24 heavy (non-hydrogen) atoms. The van der Waals surface area contributed by atoms with Crippen LogP contribution in [0.5, 0.6) is 0 Å². The van der Waals surface area contributed by atoms with Gasteiger partial charge in [0.25, 0.3) is 0 Å². The van der Waals surface area contributed by atoms with Crippen molar-refractivity contribution in [1.82, 2.24) is 4.90 Å². The van der Waals surface area contributed by atoms with Crippen molar-refractivity contribution in [1.29, 1.82) is 0 Å². The number of hydrogen-bond donors (Lipinski definition) is 0. The molecular formula is C19H29BN2O2. The Morgan fingerprint density at radius 1 is 0.917 bits per heavy atom. The SMILES string of the molecule is CN1CC2(CCN(c3ccc(B4OC(C)(C)C(C)(C)O4)cc3)C2)C1. The molecule has 1 spiro atoms. The molecule has 1 aromatic rings. The molecule has 0 saturated carbocycles. The minimum Gasteiger partial charge on any atom is -0.399 e. The minimum atomic E-state index is -0.284. The standard InChI is InChI=1S/C19H29BN2O2/c1-17(2)18(3,4)24-20(23-17)15-6-8-16(9-7-15)22-11-10-19(14-22)12-21(5)13-19/h6-9H,10-14H2,1-5H3. The predicted octanol–water partition coefficient (Wildman–Crippen LogP) is 2.13. The summed E-state index contributed by atoms with van der Waals surface area (Å²) in [7, 11) is 1.95. The van der Waals surface area contributed by atoms with E-state index in [1.54, 1.807) is 0 Å². The van der Waals surface area contributed by atoms with Crippen LogP contribution in [-0.2, 0) is 9.31 Å². The fourth-order valence-corrected chi connectivity index (χ4v) is 4.33. The maximum atomic E-state index is 6.15. The number of rotatable bonds is 2. The van der Waals surface area contributed by atoms with Gasteiger partial charge in [0.15, 0.2) is 0 Å². The Morgan fingerprint density at radius 2 is 1.50 bits per heavy atom. The summed E-state index contributed by atoms with van der Waals surface area (Å²) in [5.74, 6) is 0. The van der Waals surface area contributed by atoms with Crippen LogP contribution in [0.2, 0.25) is 0 Å². The van der Waals surface area contributed by atoms with E-state index in [9.17, 15) is 0 Å². The average Bonchev–Trinajstić information content (AvgIpc) is 2.99. The van der Waals surface area contributed by atoms with Crippen LogP contribution in [0.3, 0.4) is 0 Å². The van der Waals surface area contributed by atoms with Gasteiger partial charge in [-0.3, -0.25) is 0 Å². The van der Waals surface area contributed by atoms with Crippen molar-refractivity contribution in [3.63, 3.8) is 0 Å². The van der Waals surface area contributed by atoms with Crippen LogP contribution in [0.4, 0.5) is 5.69 Å². The summed E-state index contributed by atoms with van der Waals surface area (Å²) in [5, 5.41) is 0. The van der Waals surface area contributed by atoms with Crippen molar-refractivity contribution in [3.05, 3.63) is 24.3 Å². The van der Waals surface area contributed by atoms with Crippen LogP contribution >= 0.6 is 0 Å². The Balaban J connectivity index is 1.45. The number of nitrogens with zero attached hydrogens (tertiary/aromatic N) is 2. The second-order valence-corrected chi connectivity index (χ2v) is 9.02. The van der Waals surface area contributed by atoms with E-state index in [0.717, 1.165) is 5.46 Å². The molecule has 5 heteroatoms. The molecule has 0 atom stereocenters. The van der Waals surface area contributed by atoms with Gasteiger partial charge in [-0.1, -0.05) is 12.1 Å². The molecule has 0 unspecified atom stereocenters. The lowest BCUT2D eigenvalue weighted by atomic mass is 9.79. The lowest BCUT2D eigenvalue weighted by Gasteiger charge is -2.46. The highest BCUT2D eigenvalue weighted by Crippen LogP contribution is 2.40. The maximum absolute atomic E-state index is 6.15. The Morgan fingerprint density at radius 3 is 2.04 bits per heavy atom. The van der Waals surface area contributed by atoms with Gasteiger partial charge >= 0.3 is 7.12 Å². The van der Waals surface area contributed by atoms with Crippen molar-refractivity contribution in [2.75, 3.05) is 38.1 Å². The lowest BCUT2D eigenvalue weighted by Crippen LogP contribution is -2.55. The van der Waals surface area contributed by atoms with E-state index in [-0.39, 0.29) is 18.3 Å². The highest BCUT2D eigenvalue weighted by Gasteiger charge is 2.51. The van der Waals surface area contributed by atoms with Gasteiger partial charge in [-0.05, 0) is 58.8 Å². The number of benzene rings is 1. The topological polar surface area (TPSA) is 24.9 Å². The molecule has 1 aromatic carbocycles. The molecule has 130 valence electrons. The predicted molar refractivity (Wildman–Crippen MR) is 98.9 cm³/mol. The molecule has 0 amide bonds. The first-order valence-electron chi connectivity index (χ1n) is 9.09. The van der Waals surface area contributed by atoms with Crippen molar-refractivity contribution in [2.24, 2.45) is 5.41 Å². The van der Waals surface area contributed by atoms with Gasteiger partial charge in [-0.25, -0.2) is 0 Å². The van der Waals surface area contributed by atoms with Gasteiger partial charge in [0.2, 0.25) is 0 Å². The molecule has 3 aliphatic rings. The normalized spacial score (nSPS) is 27.7. The van der Waals surface area contributed by atoms with Crippen LogP contribution < -0.4 is 10.4 Å². The van der Waals surface area contributed by atoms with E-state index in [4.69, 9.17) is 9.31 Å². The third kappa shape index (κ3) is 2.58. The summed E-state index contributed by atoms with van der Waals surface area (Å²) >= 11 is 0.